The van der Waals surface area contributed by atoms with Gasteiger partial charge in [-0.05, 0) is 12.1 Å². The summed E-state index contributed by atoms with van der Waals surface area (Å²) in [5.41, 5.74) is -0.265. The molecule has 2 unspecified atom stereocenters. The summed E-state index contributed by atoms with van der Waals surface area (Å²) in [4.78, 5) is 10.7. The molecular weight excluding hydrogens is 277 g/mol. The van der Waals surface area contributed by atoms with Crippen molar-refractivity contribution in [3.8, 4) is 5.75 Å². The minimum Gasteiger partial charge on any atom is -0.494 e. The first kappa shape index (κ1) is 15.7. The van der Waals surface area contributed by atoms with Crippen molar-refractivity contribution in [1.29, 1.82) is 0 Å². The molecule has 1 aromatic carbocycles. The SMILES string of the molecule is COc1ccc(Cl)c(C(O)C(O)CNC(C)=O)c1F. The van der Waals surface area contributed by atoms with E-state index in [0.717, 1.165) is 0 Å². The molecule has 0 fully saturated rings. The van der Waals surface area contributed by atoms with Crippen LogP contribution in [0.1, 0.15) is 18.6 Å². The molecule has 0 spiro atoms. The van der Waals surface area contributed by atoms with Gasteiger partial charge in [0.2, 0.25) is 5.91 Å². The molecule has 0 aliphatic rings. The number of nitrogens with one attached hydrogen (secondary N) is 1. The van der Waals surface area contributed by atoms with Crippen LogP contribution in [0.25, 0.3) is 0 Å². The highest BCUT2D eigenvalue weighted by Crippen LogP contribution is 2.33. The minimum absolute atomic E-state index is 0.0346. The highest BCUT2D eigenvalue weighted by molar-refractivity contribution is 6.31. The molecule has 0 saturated carbocycles. The lowest BCUT2D eigenvalue weighted by Crippen LogP contribution is -2.34. The van der Waals surface area contributed by atoms with Crippen molar-refractivity contribution in [2.75, 3.05) is 13.7 Å². The van der Waals surface area contributed by atoms with Gasteiger partial charge in [-0.1, -0.05) is 11.6 Å². The van der Waals surface area contributed by atoms with Crippen LogP contribution in [0.15, 0.2) is 12.1 Å². The highest BCUT2D eigenvalue weighted by atomic mass is 35.5. The zero-order chi connectivity index (χ0) is 14.6. The van der Waals surface area contributed by atoms with E-state index in [-0.39, 0.29) is 28.8 Å². The van der Waals surface area contributed by atoms with Gasteiger partial charge in [-0.2, -0.15) is 0 Å². The Morgan fingerprint density at radius 3 is 2.68 bits per heavy atom. The summed E-state index contributed by atoms with van der Waals surface area (Å²) in [5, 5.41) is 21.9. The molecule has 1 amide bonds. The summed E-state index contributed by atoms with van der Waals surface area (Å²) < 4.78 is 18.7. The predicted octanol–water partition coefficient (Wildman–Crippen LogP) is 1.02. The maximum Gasteiger partial charge on any atom is 0.216 e. The van der Waals surface area contributed by atoms with E-state index in [0.29, 0.717) is 0 Å². The van der Waals surface area contributed by atoms with E-state index < -0.39 is 18.0 Å². The second-order valence-electron chi connectivity index (χ2n) is 3.93. The quantitative estimate of drug-likeness (QED) is 0.757. The van der Waals surface area contributed by atoms with Crippen LogP contribution in [-0.4, -0.2) is 35.9 Å². The molecule has 19 heavy (non-hydrogen) atoms. The number of benzene rings is 1. The molecule has 0 radical (unpaired) electrons. The third-order valence-electron chi connectivity index (χ3n) is 2.53. The van der Waals surface area contributed by atoms with Gasteiger partial charge in [-0.25, -0.2) is 4.39 Å². The molecule has 0 aliphatic heterocycles. The van der Waals surface area contributed by atoms with Crippen molar-refractivity contribution >= 4 is 17.5 Å². The third kappa shape index (κ3) is 3.79. The number of hydrogen-bond donors (Lipinski definition) is 3. The van der Waals surface area contributed by atoms with Gasteiger partial charge in [0.25, 0.3) is 0 Å². The van der Waals surface area contributed by atoms with Gasteiger partial charge in [-0.15, -0.1) is 0 Å². The Labute approximate surface area is 115 Å². The summed E-state index contributed by atoms with van der Waals surface area (Å²) in [7, 11) is 1.27. The Bertz CT molecular complexity index is 469. The van der Waals surface area contributed by atoms with Gasteiger partial charge in [0.05, 0.1) is 7.11 Å². The molecule has 1 rings (SSSR count). The molecular formula is C12H15ClFNO4. The van der Waals surface area contributed by atoms with Crippen molar-refractivity contribution in [2.45, 2.75) is 19.1 Å². The second kappa shape index (κ2) is 6.70. The number of rotatable bonds is 5. The molecule has 0 aliphatic carbocycles. The lowest BCUT2D eigenvalue weighted by molar-refractivity contribution is -0.119. The number of carbonyl (C=O) groups excluding carboxylic acids is 1. The summed E-state index contributed by atoms with van der Waals surface area (Å²) >= 11 is 5.81. The number of amides is 1. The summed E-state index contributed by atoms with van der Waals surface area (Å²) in [6.45, 7) is 1.04. The van der Waals surface area contributed by atoms with E-state index >= 15 is 0 Å². The number of hydrogen-bond acceptors (Lipinski definition) is 4. The fourth-order valence-corrected chi connectivity index (χ4v) is 1.79. The molecule has 2 atom stereocenters. The second-order valence-corrected chi connectivity index (χ2v) is 4.33. The maximum atomic E-state index is 14.0. The van der Waals surface area contributed by atoms with Crippen LogP contribution in [0, 0.1) is 5.82 Å². The molecule has 3 N–H and O–H groups in total. The van der Waals surface area contributed by atoms with Crippen LogP contribution in [0.2, 0.25) is 5.02 Å². The molecule has 1 aromatic rings. The molecule has 0 bridgehead atoms. The average molecular weight is 292 g/mol. The van der Waals surface area contributed by atoms with Crippen molar-refractivity contribution in [2.24, 2.45) is 0 Å². The standard InChI is InChI=1S/C12H15ClFNO4/c1-6(16)15-5-8(17)12(18)10-7(13)3-4-9(19-2)11(10)14/h3-4,8,12,17-18H,5H2,1-2H3,(H,15,16). The Morgan fingerprint density at radius 2 is 2.16 bits per heavy atom. The van der Waals surface area contributed by atoms with Crippen LogP contribution < -0.4 is 10.1 Å². The van der Waals surface area contributed by atoms with Crippen molar-refractivity contribution in [3.63, 3.8) is 0 Å². The van der Waals surface area contributed by atoms with Crippen LogP contribution in [-0.2, 0) is 4.79 Å². The number of carbonyl (C=O) groups is 1. The fraction of sp³-hybridized carbons (Fsp3) is 0.417. The van der Waals surface area contributed by atoms with Gasteiger partial charge >= 0.3 is 0 Å². The molecule has 0 saturated heterocycles. The Balaban J connectivity index is 2.98. The van der Waals surface area contributed by atoms with Crippen molar-refractivity contribution in [1.82, 2.24) is 5.32 Å². The van der Waals surface area contributed by atoms with Crippen LogP contribution in [0.5, 0.6) is 5.75 Å². The molecule has 5 nitrogen and oxygen atoms in total. The van der Waals surface area contributed by atoms with Crippen LogP contribution in [0.4, 0.5) is 4.39 Å². The first-order valence-corrected chi connectivity index (χ1v) is 5.88. The smallest absolute Gasteiger partial charge is 0.216 e. The zero-order valence-corrected chi connectivity index (χ0v) is 11.2. The summed E-state index contributed by atoms with van der Waals surface area (Å²) in [6, 6.07) is 2.67. The zero-order valence-electron chi connectivity index (χ0n) is 10.5. The lowest BCUT2D eigenvalue weighted by Gasteiger charge is -2.20. The highest BCUT2D eigenvalue weighted by Gasteiger charge is 2.26. The molecule has 7 heteroatoms. The average Bonchev–Trinajstić information content (AvgIpc) is 2.36. The molecule has 0 aromatic heterocycles. The van der Waals surface area contributed by atoms with Gasteiger partial charge < -0.3 is 20.3 Å². The molecule has 0 heterocycles. The first-order chi connectivity index (χ1) is 8.88. The van der Waals surface area contributed by atoms with Gasteiger partial charge in [0.1, 0.15) is 12.2 Å². The summed E-state index contributed by atoms with van der Waals surface area (Å²) in [5.74, 6) is -1.31. The van der Waals surface area contributed by atoms with Crippen molar-refractivity contribution < 1.29 is 24.1 Å². The van der Waals surface area contributed by atoms with Crippen molar-refractivity contribution in [3.05, 3.63) is 28.5 Å². The van der Waals surface area contributed by atoms with Gasteiger partial charge in [-0.3, -0.25) is 4.79 Å². The third-order valence-corrected chi connectivity index (χ3v) is 2.86. The maximum absolute atomic E-state index is 14.0. The largest absolute Gasteiger partial charge is 0.494 e. The number of methoxy groups -OCH3 is 1. The van der Waals surface area contributed by atoms with Crippen LogP contribution >= 0.6 is 11.6 Å². The minimum atomic E-state index is -1.57. The fourth-order valence-electron chi connectivity index (χ4n) is 1.53. The Morgan fingerprint density at radius 1 is 1.53 bits per heavy atom. The Hall–Kier alpha value is -1.37. The first-order valence-electron chi connectivity index (χ1n) is 5.51. The summed E-state index contributed by atoms with van der Waals surface area (Å²) in [6.07, 6.45) is -2.96. The van der Waals surface area contributed by atoms with E-state index in [2.05, 4.69) is 5.32 Å². The Kier molecular flexibility index (Phi) is 5.53. The number of aliphatic hydroxyl groups excluding tert-OH is 2. The predicted molar refractivity (Wildman–Crippen MR) is 67.6 cm³/mol. The number of halogens is 2. The number of ether oxygens (including phenoxy) is 1. The van der Waals surface area contributed by atoms with Gasteiger partial charge in [0.15, 0.2) is 11.6 Å². The van der Waals surface area contributed by atoms with E-state index in [1.807, 2.05) is 0 Å². The number of aliphatic hydroxyl groups is 2. The van der Waals surface area contributed by atoms with E-state index in [1.165, 1.54) is 26.2 Å². The van der Waals surface area contributed by atoms with E-state index in [1.54, 1.807) is 0 Å². The van der Waals surface area contributed by atoms with E-state index in [4.69, 9.17) is 16.3 Å². The van der Waals surface area contributed by atoms with E-state index in [9.17, 15) is 19.4 Å². The van der Waals surface area contributed by atoms with Crippen LogP contribution in [0.3, 0.4) is 0 Å². The monoisotopic (exact) mass is 291 g/mol. The van der Waals surface area contributed by atoms with Gasteiger partial charge in [0, 0.05) is 24.1 Å². The topological polar surface area (TPSA) is 78.8 Å². The lowest BCUT2D eigenvalue weighted by atomic mass is 10.0. The normalized spacial score (nSPS) is 13.8. The molecule has 106 valence electrons.